The van der Waals surface area contributed by atoms with Crippen molar-refractivity contribution in [2.24, 2.45) is 0 Å². The van der Waals surface area contributed by atoms with E-state index in [1.165, 1.54) is 18.3 Å². The largest absolute Gasteiger partial charge is 0.452 e. The van der Waals surface area contributed by atoms with Gasteiger partial charge in [-0.3, -0.25) is 4.79 Å². The van der Waals surface area contributed by atoms with Crippen molar-refractivity contribution in [1.82, 2.24) is 9.88 Å². The minimum absolute atomic E-state index is 0.0599. The van der Waals surface area contributed by atoms with Crippen molar-refractivity contribution in [3.63, 3.8) is 0 Å². The number of likely N-dealkylation sites (tertiary alicyclic amines) is 1. The van der Waals surface area contributed by atoms with Gasteiger partial charge in [0, 0.05) is 18.3 Å². The molecular formula is C16H20F2N2O3S. The van der Waals surface area contributed by atoms with Crippen LogP contribution < -0.4 is 0 Å². The van der Waals surface area contributed by atoms with Crippen LogP contribution in [0, 0.1) is 0 Å². The molecule has 2 unspecified atom stereocenters. The first-order valence-electron chi connectivity index (χ1n) is 7.78. The van der Waals surface area contributed by atoms with Crippen molar-refractivity contribution in [1.29, 1.82) is 0 Å². The molecule has 1 fully saturated rings. The summed E-state index contributed by atoms with van der Waals surface area (Å²) in [6.45, 7) is 3.53. The zero-order valence-electron chi connectivity index (χ0n) is 13.6. The van der Waals surface area contributed by atoms with Crippen LogP contribution in [-0.2, 0) is 9.53 Å². The summed E-state index contributed by atoms with van der Waals surface area (Å²) in [5.41, 5.74) is -0.0599. The van der Waals surface area contributed by atoms with E-state index < -0.39 is 18.3 Å². The third-order valence-electron chi connectivity index (χ3n) is 4.00. The number of piperidine rings is 1. The first kappa shape index (κ1) is 18.6. The van der Waals surface area contributed by atoms with Crippen LogP contribution in [0.25, 0.3) is 0 Å². The number of pyridine rings is 1. The molecule has 0 bridgehead atoms. The lowest BCUT2D eigenvalue weighted by atomic mass is 9.97. The molecule has 132 valence electrons. The van der Waals surface area contributed by atoms with E-state index >= 15 is 0 Å². The number of esters is 1. The second kappa shape index (κ2) is 8.41. The Morgan fingerprint density at radius 1 is 1.38 bits per heavy atom. The Kier molecular flexibility index (Phi) is 6.53. The number of hydrogen-bond acceptors (Lipinski definition) is 5. The van der Waals surface area contributed by atoms with Gasteiger partial charge in [-0.05, 0) is 57.0 Å². The Morgan fingerprint density at radius 3 is 2.67 bits per heavy atom. The maximum absolute atomic E-state index is 12.5. The summed E-state index contributed by atoms with van der Waals surface area (Å²) in [6, 6.07) is 3.02. The van der Waals surface area contributed by atoms with Crippen LogP contribution in [0.5, 0.6) is 0 Å². The highest BCUT2D eigenvalue weighted by atomic mass is 32.2. The number of amides is 1. The van der Waals surface area contributed by atoms with Gasteiger partial charge in [-0.15, -0.1) is 0 Å². The average molecular weight is 358 g/mol. The Bertz CT molecular complexity index is 590. The van der Waals surface area contributed by atoms with Gasteiger partial charge in [-0.25, -0.2) is 9.78 Å². The van der Waals surface area contributed by atoms with Gasteiger partial charge in [0.2, 0.25) is 0 Å². The number of hydrogen-bond donors (Lipinski definition) is 0. The number of carbonyl (C=O) groups excluding carboxylic acids is 2. The Hall–Kier alpha value is -1.70. The van der Waals surface area contributed by atoms with Crippen LogP contribution >= 0.6 is 11.8 Å². The minimum atomic E-state index is -2.69. The molecule has 24 heavy (non-hydrogen) atoms. The predicted molar refractivity (Wildman–Crippen MR) is 86.0 cm³/mol. The zero-order valence-corrected chi connectivity index (χ0v) is 14.4. The van der Waals surface area contributed by atoms with Gasteiger partial charge in [0.05, 0.1) is 5.56 Å². The third-order valence-corrected chi connectivity index (χ3v) is 4.73. The number of aromatic nitrogens is 1. The van der Waals surface area contributed by atoms with Gasteiger partial charge < -0.3 is 9.64 Å². The number of ether oxygens (including phenoxy) is 1. The third kappa shape index (κ3) is 4.66. The summed E-state index contributed by atoms with van der Waals surface area (Å²) in [6.07, 6.45) is 4.23. The highest BCUT2D eigenvalue weighted by Crippen LogP contribution is 2.27. The smallest absolute Gasteiger partial charge is 0.341 e. The number of nitrogens with zero attached hydrogens (tertiary/aromatic N) is 2. The molecule has 1 aromatic heterocycles. The van der Waals surface area contributed by atoms with Crippen molar-refractivity contribution >= 4 is 23.6 Å². The summed E-state index contributed by atoms with van der Waals surface area (Å²) in [4.78, 5) is 29.9. The summed E-state index contributed by atoms with van der Waals surface area (Å²) < 4.78 is 30.1. The van der Waals surface area contributed by atoms with E-state index in [0.717, 1.165) is 19.3 Å². The molecule has 1 aliphatic heterocycles. The first-order chi connectivity index (χ1) is 11.4. The van der Waals surface area contributed by atoms with Gasteiger partial charge in [0.1, 0.15) is 5.03 Å². The highest BCUT2D eigenvalue weighted by Gasteiger charge is 2.29. The molecule has 1 aliphatic rings. The van der Waals surface area contributed by atoms with E-state index in [0.29, 0.717) is 0 Å². The fraction of sp³-hybridized carbons (Fsp3) is 0.562. The maximum Gasteiger partial charge on any atom is 0.341 e. The Labute approximate surface area is 143 Å². The fourth-order valence-electron chi connectivity index (χ4n) is 2.92. The molecule has 2 heterocycles. The molecular weight excluding hydrogens is 338 g/mol. The molecule has 0 radical (unpaired) electrons. The second-order valence-electron chi connectivity index (χ2n) is 5.74. The number of thioether (sulfide) groups is 1. The molecule has 2 rings (SSSR count). The van der Waals surface area contributed by atoms with Crippen LogP contribution in [0.3, 0.4) is 0 Å². The minimum Gasteiger partial charge on any atom is -0.452 e. The zero-order chi connectivity index (χ0) is 17.7. The molecule has 1 amide bonds. The van der Waals surface area contributed by atoms with E-state index in [9.17, 15) is 18.4 Å². The van der Waals surface area contributed by atoms with Crippen molar-refractivity contribution in [2.75, 3.05) is 6.61 Å². The molecule has 1 saturated heterocycles. The summed E-state index contributed by atoms with van der Waals surface area (Å²) in [7, 11) is 0. The number of carbonyl (C=O) groups is 2. The van der Waals surface area contributed by atoms with E-state index in [2.05, 4.69) is 4.98 Å². The topological polar surface area (TPSA) is 59.5 Å². The number of halogens is 2. The fourth-order valence-corrected chi connectivity index (χ4v) is 3.49. The monoisotopic (exact) mass is 358 g/mol. The quantitative estimate of drug-likeness (QED) is 0.597. The number of alkyl halides is 2. The van der Waals surface area contributed by atoms with E-state index in [1.54, 1.807) is 4.90 Å². The molecule has 8 heteroatoms. The Morgan fingerprint density at radius 2 is 2.04 bits per heavy atom. The molecule has 0 N–H and O–H groups in total. The molecule has 0 aromatic carbocycles. The van der Waals surface area contributed by atoms with Crippen LogP contribution in [0.2, 0.25) is 0 Å². The first-order valence-corrected chi connectivity index (χ1v) is 8.66. The van der Waals surface area contributed by atoms with Crippen LogP contribution in [0.1, 0.15) is 43.5 Å². The number of rotatable bonds is 5. The van der Waals surface area contributed by atoms with Gasteiger partial charge >= 0.3 is 5.97 Å². The highest BCUT2D eigenvalue weighted by molar-refractivity contribution is 7.99. The van der Waals surface area contributed by atoms with Gasteiger partial charge in [-0.2, -0.15) is 8.78 Å². The van der Waals surface area contributed by atoms with Crippen molar-refractivity contribution in [2.45, 2.75) is 56.0 Å². The molecule has 1 aromatic rings. The molecule has 5 nitrogen and oxygen atoms in total. The molecule has 2 atom stereocenters. The molecule has 0 aliphatic carbocycles. The van der Waals surface area contributed by atoms with Crippen LogP contribution in [-0.4, -0.2) is 46.2 Å². The Balaban J connectivity index is 1.99. The van der Waals surface area contributed by atoms with Crippen molar-refractivity contribution in [3.8, 4) is 0 Å². The van der Waals surface area contributed by atoms with Crippen LogP contribution in [0.15, 0.2) is 23.4 Å². The van der Waals surface area contributed by atoms with Crippen molar-refractivity contribution in [3.05, 3.63) is 23.9 Å². The SMILES string of the molecule is CC1CCCC(C)N1C(=O)COC(=O)c1cccnc1SC(F)F. The van der Waals surface area contributed by atoms with Gasteiger partial charge in [0.15, 0.2) is 6.61 Å². The predicted octanol–water partition coefficient (Wildman–Crippen LogP) is 3.34. The lowest BCUT2D eigenvalue weighted by molar-refractivity contribution is -0.140. The standard InChI is InChI=1S/C16H20F2N2O3S/c1-10-5-3-6-11(2)20(10)13(21)9-23-15(22)12-7-4-8-19-14(12)24-16(17)18/h4,7-8,10-11,16H,3,5-6,9H2,1-2H3. The second-order valence-corrected chi connectivity index (χ2v) is 6.72. The van der Waals surface area contributed by atoms with Gasteiger partial charge in [-0.1, -0.05) is 0 Å². The lowest BCUT2D eigenvalue weighted by Crippen LogP contribution is -2.49. The van der Waals surface area contributed by atoms with Crippen LogP contribution in [0.4, 0.5) is 8.78 Å². The van der Waals surface area contributed by atoms with Crippen molar-refractivity contribution < 1.29 is 23.1 Å². The summed E-state index contributed by atoms with van der Waals surface area (Å²) in [5.74, 6) is -3.78. The molecule has 0 saturated carbocycles. The maximum atomic E-state index is 12.5. The average Bonchev–Trinajstić information content (AvgIpc) is 2.52. The summed E-state index contributed by atoms with van der Waals surface area (Å²) >= 11 is 0.176. The summed E-state index contributed by atoms with van der Waals surface area (Å²) in [5, 5.41) is -0.107. The molecule has 0 spiro atoms. The van der Waals surface area contributed by atoms with E-state index in [-0.39, 0.29) is 40.3 Å². The van der Waals surface area contributed by atoms with E-state index in [1.807, 2.05) is 13.8 Å². The van der Waals surface area contributed by atoms with Gasteiger partial charge in [0.25, 0.3) is 11.7 Å². The lowest BCUT2D eigenvalue weighted by Gasteiger charge is -2.38. The van der Waals surface area contributed by atoms with E-state index in [4.69, 9.17) is 4.74 Å². The normalized spacial score (nSPS) is 21.0.